The molecule has 1 aliphatic heterocycles. The second-order valence-electron chi connectivity index (χ2n) is 7.92. The van der Waals surface area contributed by atoms with Crippen LogP contribution in [0.2, 0.25) is 0 Å². The summed E-state index contributed by atoms with van der Waals surface area (Å²) in [5.41, 5.74) is 4.64. The summed E-state index contributed by atoms with van der Waals surface area (Å²) in [7, 11) is 6.12. The van der Waals surface area contributed by atoms with Crippen molar-refractivity contribution in [2.45, 2.75) is 13.0 Å². The van der Waals surface area contributed by atoms with Crippen LogP contribution in [0.15, 0.2) is 65.7 Å². The van der Waals surface area contributed by atoms with Crippen LogP contribution in [-0.2, 0) is 9.53 Å². The SMILES string of the molecule is COC(=O)CN1C(c2cc(OC)c(OC)cc2OC)=Nc2cc(C)ccc2C1c1ccccc1. The lowest BCUT2D eigenvalue weighted by Crippen LogP contribution is -2.42. The summed E-state index contributed by atoms with van der Waals surface area (Å²) < 4.78 is 21.8. The number of hydrogen-bond acceptors (Lipinski definition) is 7. The Kier molecular flexibility index (Phi) is 6.72. The van der Waals surface area contributed by atoms with Gasteiger partial charge in [0.1, 0.15) is 18.1 Å². The van der Waals surface area contributed by atoms with Crippen LogP contribution in [0, 0.1) is 6.92 Å². The van der Waals surface area contributed by atoms with Crippen LogP contribution in [0.25, 0.3) is 0 Å². The largest absolute Gasteiger partial charge is 0.496 e. The fourth-order valence-electron chi connectivity index (χ4n) is 4.23. The highest BCUT2D eigenvalue weighted by atomic mass is 16.5. The molecule has 0 spiro atoms. The smallest absolute Gasteiger partial charge is 0.325 e. The lowest BCUT2D eigenvalue weighted by molar-refractivity contribution is -0.141. The number of carbonyl (C=O) groups is 1. The van der Waals surface area contributed by atoms with E-state index in [1.807, 2.05) is 54.3 Å². The molecule has 0 saturated heterocycles. The van der Waals surface area contributed by atoms with Crippen LogP contribution in [0.4, 0.5) is 5.69 Å². The van der Waals surface area contributed by atoms with Gasteiger partial charge in [-0.1, -0.05) is 42.5 Å². The molecule has 0 radical (unpaired) electrons. The van der Waals surface area contributed by atoms with Crippen LogP contribution < -0.4 is 14.2 Å². The van der Waals surface area contributed by atoms with Gasteiger partial charge < -0.3 is 23.8 Å². The number of rotatable bonds is 7. The van der Waals surface area contributed by atoms with Crippen molar-refractivity contribution in [1.29, 1.82) is 0 Å². The third-order valence-electron chi connectivity index (χ3n) is 5.88. The maximum atomic E-state index is 12.6. The lowest BCUT2D eigenvalue weighted by Gasteiger charge is -2.38. The molecule has 0 fully saturated rings. The van der Waals surface area contributed by atoms with Gasteiger partial charge in [0, 0.05) is 11.6 Å². The molecule has 4 rings (SSSR count). The molecule has 7 nitrogen and oxygen atoms in total. The van der Waals surface area contributed by atoms with Gasteiger partial charge in [0.2, 0.25) is 0 Å². The highest BCUT2D eigenvalue weighted by Crippen LogP contribution is 2.43. The number of esters is 1. The number of carbonyl (C=O) groups excluding carboxylic acids is 1. The maximum absolute atomic E-state index is 12.6. The summed E-state index contributed by atoms with van der Waals surface area (Å²) >= 11 is 0. The number of aryl methyl sites for hydroxylation is 1. The van der Waals surface area contributed by atoms with Crippen LogP contribution in [0.3, 0.4) is 0 Å². The average Bonchev–Trinajstić information content (AvgIpc) is 2.87. The summed E-state index contributed by atoms with van der Waals surface area (Å²) in [5, 5.41) is 0. The first-order valence-electron chi connectivity index (χ1n) is 10.9. The first kappa shape index (κ1) is 23.2. The minimum absolute atomic E-state index is 0.000288. The molecule has 1 unspecified atom stereocenters. The second kappa shape index (κ2) is 9.87. The molecule has 3 aromatic carbocycles. The van der Waals surface area contributed by atoms with Gasteiger partial charge in [-0.25, -0.2) is 4.99 Å². The van der Waals surface area contributed by atoms with E-state index < -0.39 is 0 Å². The van der Waals surface area contributed by atoms with Crippen molar-refractivity contribution >= 4 is 17.5 Å². The molecule has 1 atom stereocenters. The Morgan fingerprint density at radius 2 is 1.56 bits per heavy atom. The third kappa shape index (κ3) is 4.29. The first-order chi connectivity index (χ1) is 16.5. The van der Waals surface area contributed by atoms with Gasteiger partial charge in [-0.05, 0) is 30.2 Å². The maximum Gasteiger partial charge on any atom is 0.325 e. The van der Waals surface area contributed by atoms with Crippen molar-refractivity contribution in [3.8, 4) is 17.2 Å². The number of fused-ring (bicyclic) bond motifs is 1. The summed E-state index contributed by atoms with van der Waals surface area (Å²) in [6.07, 6.45) is 0. The van der Waals surface area contributed by atoms with Crippen molar-refractivity contribution in [3.63, 3.8) is 0 Å². The quantitative estimate of drug-likeness (QED) is 0.477. The fourth-order valence-corrected chi connectivity index (χ4v) is 4.23. The zero-order valence-electron chi connectivity index (χ0n) is 20.0. The molecule has 7 heteroatoms. The molecule has 0 bridgehead atoms. The Labute approximate surface area is 199 Å². The van der Waals surface area contributed by atoms with E-state index >= 15 is 0 Å². The minimum Gasteiger partial charge on any atom is -0.496 e. The molecule has 0 aromatic heterocycles. The second-order valence-corrected chi connectivity index (χ2v) is 7.92. The first-order valence-corrected chi connectivity index (χ1v) is 10.9. The topological polar surface area (TPSA) is 69.6 Å². The number of benzene rings is 3. The highest BCUT2D eigenvalue weighted by molar-refractivity contribution is 6.06. The van der Waals surface area contributed by atoms with Gasteiger partial charge in [0.05, 0.1) is 45.7 Å². The molecule has 0 aliphatic carbocycles. The Bertz CT molecular complexity index is 1220. The average molecular weight is 461 g/mol. The van der Waals surface area contributed by atoms with E-state index in [9.17, 15) is 4.79 Å². The normalized spacial score (nSPS) is 14.7. The van der Waals surface area contributed by atoms with E-state index in [0.29, 0.717) is 28.6 Å². The summed E-state index contributed by atoms with van der Waals surface area (Å²) in [4.78, 5) is 19.5. The predicted molar refractivity (Wildman–Crippen MR) is 130 cm³/mol. The van der Waals surface area contributed by atoms with Gasteiger partial charge >= 0.3 is 5.97 Å². The van der Waals surface area contributed by atoms with Gasteiger partial charge in [-0.15, -0.1) is 0 Å². The Hall–Kier alpha value is -4.00. The van der Waals surface area contributed by atoms with E-state index in [-0.39, 0.29) is 18.6 Å². The molecule has 176 valence electrons. The highest BCUT2D eigenvalue weighted by Gasteiger charge is 2.35. The fraction of sp³-hybridized carbons (Fsp3) is 0.259. The summed E-state index contributed by atoms with van der Waals surface area (Å²) in [6, 6.07) is 19.5. The molecule has 0 amide bonds. The van der Waals surface area contributed by atoms with Crippen molar-refractivity contribution in [1.82, 2.24) is 4.90 Å². The van der Waals surface area contributed by atoms with Crippen molar-refractivity contribution < 1.29 is 23.7 Å². The lowest BCUT2D eigenvalue weighted by atomic mass is 9.92. The van der Waals surface area contributed by atoms with Crippen molar-refractivity contribution in [2.24, 2.45) is 4.99 Å². The molecule has 0 saturated carbocycles. The van der Waals surface area contributed by atoms with E-state index in [1.165, 1.54) is 7.11 Å². The van der Waals surface area contributed by atoms with Gasteiger partial charge in [-0.3, -0.25) is 4.79 Å². The van der Waals surface area contributed by atoms with Crippen LogP contribution in [0.5, 0.6) is 17.2 Å². The third-order valence-corrected chi connectivity index (χ3v) is 5.88. The molecular formula is C27H28N2O5. The van der Waals surface area contributed by atoms with E-state index in [4.69, 9.17) is 23.9 Å². The minimum atomic E-state index is -0.372. The molecule has 0 N–H and O–H groups in total. The van der Waals surface area contributed by atoms with Gasteiger partial charge in [0.25, 0.3) is 0 Å². The molecule has 34 heavy (non-hydrogen) atoms. The zero-order chi connectivity index (χ0) is 24.2. The van der Waals surface area contributed by atoms with E-state index in [2.05, 4.69) is 12.1 Å². The number of nitrogens with zero attached hydrogens (tertiary/aromatic N) is 2. The zero-order valence-corrected chi connectivity index (χ0v) is 20.0. The number of methoxy groups -OCH3 is 4. The Morgan fingerprint density at radius 1 is 0.882 bits per heavy atom. The van der Waals surface area contributed by atoms with Crippen LogP contribution in [0.1, 0.15) is 28.3 Å². The van der Waals surface area contributed by atoms with Crippen LogP contribution >= 0.6 is 0 Å². The van der Waals surface area contributed by atoms with Gasteiger partial charge in [-0.2, -0.15) is 0 Å². The number of ether oxygens (including phenoxy) is 4. The Balaban J connectivity index is 2.00. The number of amidine groups is 1. The molecule has 1 heterocycles. The standard InChI is InChI=1S/C27H28N2O5/c1-17-11-12-19-21(13-17)28-27(20-14-23(32-3)24(33-4)15-22(20)31-2)29(16-25(30)34-5)26(19)18-9-7-6-8-10-18/h6-15,26H,16H2,1-5H3. The number of hydrogen-bond donors (Lipinski definition) is 0. The summed E-state index contributed by atoms with van der Waals surface area (Å²) in [5.74, 6) is 1.83. The van der Waals surface area contributed by atoms with Gasteiger partial charge in [0.15, 0.2) is 11.5 Å². The summed E-state index contributed by atoms with van der Waals surface area (Å²) in [6.45, 7) is 2.03. The van der Waals surface area contributed by atoms with Crippen molar-refractivity contribution in [3.05, 3.63) is 82.9 Å². The number of aliphatic imine (C=N–C) groups is 1. The molecule has 3 aromatic rings. The molecule has 1 aliphatic rings. The monoisotopic (exact) mass is 460 g/mol. The Morgan fingerprint density at radius 3 is 2.21 bits per heavy atom. The molecular weight excluding hydrogens is 432 g/mol. The van der Waals surface area contributed by atoms with Crippen LogP contribution in [-0.4, -0.2) is 51.7 Å². The van der Waals surface area contributed by atoms with E-state index in [1.54, 1.807) is 27.4 Å². The van der Waals surface area contributed by atoms with Crippen molar-refractivity contribution in [2.75, 3.05) is 35.0 Å². The van der Waals surface area contributed by atoms with E-state index in [0.717, 1.165) is 22.4 Å². The predicted octanol–water partition coefficient (Wildman–Crippen LogP) is 4.68.